The predicted octanol–water partition coefficient (Wildman–Crippen LogP) is 4.98. The summed E-state index contributed by atoms with van der Waals surface area (Å²) in [6.07, 6.45) is 2.05. The van der Waals surface area contributed by atoms with Gasteiger partial charge in [0.25, 0.3) is 5.91 Å². The van der Waals surface area contributed by atoms with Gasteiger partial charge in [0.1, 0.15) is 11.8 Å². The van der Waals surface area contributed by atoms with Crippen molar-refractivity contribution in [3.63, 3.8) is 0 Å². The van der Waals surface area contributed by atoms with Crippen molar-refractivity contribution in [3.05, 3.63) is 78.4 Å². The lowest BCUT2D eigenvalue weighted by atomic mass is 10.1. The number of fused-ring (bicyclic) bond motifs is 1. The molecule has 0 aliphatic rings. The molecule has 3 aromatic rings. The topological polar surface area (TPSA) is 58.6 Å². The Morgan fingerprint density at radius 1 is 0.909 bits per heavy atom. The van der Waals surface area contributed by atoms with E-state index in [2.05, 4.69) is 5.32 Å². The van der Waals surface area contributed by atoms with Crippen molar-refractivity contribution in [2.24, 2.45) is 0 Å². The van der Waals surface area contributed by atoms with Crippen LogP contribution in [0.1, 0.15) is 39.2 Å². The highest BCUT2D eigenvalue weighted by Crippen LogP contribution is 2.25. The second-order valence-electron chi connectivity index (χ2n) is 8.33. The van der Waals surface area contributed by atoms with Gasteiger partial charge in [-0.15, -0.1) is 0 Å². The minimum absolute atomic E-state index is 0.0598. The Morgan fingerprint density at radius 3 is 2.33 bits per heavy atom. The molecule has 5 heteroatoms. The molecule has 0 fully saturated rings. The highest BCUT2D eigenvalue weighted by Gasteiger charge is 2.29. The van der Waals surface area contributed by atoms with Gasteiger partial charge in [0.15, 0.2) is 6.61 Å². The molecule has 0 bridgehead atoms. The number of nitrogens with zero attached hydrogens (tertiary/aromatic N) is 1. The Kier molecular flexibility index (Phi) is 8.87. The van der Waals surface area contributed by atoms with E-state index in [-0.39, 0.29) is 24.5 Å². The predicted molar refractivity (Wildman–Crippen MR) is 133 cm³/mol. The number of hydrogen-bond acceptors (Lipinski definition) is 3. The monoisotopic (exact) mass is 446 g/mol. The van der Waals surface area contributed by atoms with E-state index in [1.165, 1.54) is 0 Å². The number of nitrogens with one attached hydrogen (secondary N) is 1. The van der Waals surface area contributed by atoms with Crippen LogP contribution in [-0.2, 0) is 16.0 Å². The van der Waals surface area contributed by atoms with Crippen LogP contribution in [0.25, 0.3) is 10.8 Å². The minimum Gasteiger partial charge on any atom is -0.483 e. The van der Waals surface area contributed by atoms with Crippen LogP contribution in [0.3, 0.4) is 0 Å². The SMILES string of the molecule is CCC(C)NC(=O)C(CC)N(CCc1ccccc1)C(=O)COc1cccc2ccccc12. The fourth-order valence-electron chi connectivity index (χ4n) is 3.88. The molecular weight excluding hydrogens is 412 g/mol. The molecular formula is C28H34N2O3. The summed E-state index contributed by atoms with van der Waals surface area (Å²) >= 11 is 0. The summed E-state index contributed by atoms with van der Waals surface area (Å²) in [6.45, 7) is 6.28. The molecule has 33 heavy (non-hydrogen) atoms. The fourth-order valence-corrected chi connectivity index (χ4v) is 3.88. The molecule has 0 aromatic heterocycles. The summed E-state index contributed by atoms with van der Waals surface area (Å²) in [4.78, 5) is 28.0. The van der Waals surface area contributed by atoms with Crippen molar-refractivity contribution in [2.45, 2.75) is 52.1 Å². The maximum Gasteiger partial charge on any atom is 0.261 e. The third-order valence-corrected chi connectivity index (χ3v) is 5.97. The molecule has 1 N–H and O–H groups in total. The van der Waals surface area contributed by atoms with Gasteiger partial charge in [0.2, 0.25) is 5.91 Å². The van der Waals surface area contributed by atoms with E-state index in [1.807, 2.05) is 93.6 Å². The van der Waals surface area contributed by atoms with Crippen molar-refractivity contribution < 1.29 is 14.3 Å². The van der Waals surface area contributed by atoms with Crippen molar-refractivity contribution in [3.8, 4) is 5.75 Å². The van der Waals surface area contributed by atoms with Crippen molar-refractivity contribution in [1.82, 2.24) is 10.2 Å². The lowest BCUT2D eigenvalue weighted by molar-refractivity contribution is -0.142. The Labute approximate surface area is 196 Å². The Bertz CT molecular complexity index is 1050. The second kappa shape index (κ2) is 12.0. The van der Waals surface area contributed by atoms with E-state index in [4.69, 9.17) is 4.74 Å². The fraction of sp³-hybridized carbons (Fsp3) is 0.357. The highest BCUT2D eigenvalue weighted by atomic mass is 16.5. The average Bonchev–Trinajstić information content (AvgIpc) is 2.85. The third kappa shape index (κ3) is 6.58. The van der Waals surface area contributed by atoms with Crippen LogP contribution >= 0.6 is 0 Å². The first-order valence-electron chi connectivity index (χ1n) is 11.8. The quantitative estimate of drug-likeness (QED) is 0.452. The van der Waals surface area contributed by atoms with Gasteiger partial charge in [-0.25, -0.2) is 0 Å². The summed E-state index contributed by atoms with van der Waals surface area (Å²) in [5.41, 5.74) is 1.13. The molecule has 0 saturated carbocycles. The smallest absolute Gasteiger partial charge is 0.261 e. The minimum atomic E-state index is -0.536. The van der Waals surface area contributed by atoms with Gasteiger partial charge in [-0.3, -0.25) is 9.59 Å². The zero-order chi connectivity index (χ0) is 23.6. The number of benzene rings is 3. The van der Waals surface area contributed by atoms with Crippen LogP contribution in [-0.4, -0.2) is 41.9 Å². The van der Waals surface area contributed by atoms with Gasteiger partial charge in [0.05, 0.1) is 0 Å². The summed E-state index contributed by atoms with van der Waals surface area (Å²) in [7, 11) is 0. The van der Waals surface area contributed by atoms with Crippen LogP contribution in [0.4, 0.5) is 0 Å². The number of carbonyl (C=O) groups is 2. The number of hydrogen-bond donors (Lipinski definition) is 1. The van der Waals surface area contributed by atoms with Crippen molar-refractivity contribution in [2.75, 3.05) is 13.2 Å². The first kappa shape index (κ1) is 24.3. The Morgan fingerprint density at radius 2 is 1.61 bits per heavy atom. The van der Waals surface area contributed by atoms with Crippen LogP contribution in [0.2, 0.25) is 0 Å². The molecule has 3 rings (SSSR count). The van der Waals surface area contributed by atoms with Gasteiger partial charge in [-0.05, 0) is 43.2 Å². The van der Waals surface area contributed by atoms with E-state index in [0.29, 0.717) is 25.1 Å². The Balaban J connectivity index is 1.77. The van der Waals surface area contributed by atoms with Crippen LogP contribution in [0.15, 0.2) is 72.8 Å². The largest absolute Gasteiger partial charge is 0.483 e. The number of carbonyl (C=O) groups excluding carboxylic acids is 2. The molecule has 174 valence electrons. The molecule has 2 unspecified atom stereocenters. The van der Waals surface area contributed by atoms with Crippen molar-refractivity contribution >= 4 is 22.6 Å². The van der Waals surface area contributed by atoms with E-state index < -0.39 is 6.04 Å². The van der Waals surface area contributed by atoms with Crippen LogP contribution < -0.4 is 10.1 Å². The molecule has 0 heterocycles. The lowest BCUT2D eigenvalue weighted by Gasteiger charge is -2.31. The van der Waals surface area contributed by atoms with E-state index in [9.17, 15) is 9.59 Å². The lowest BCUT2D eigenvalue weighted by Crippen LogP contribution is -2.52. The molecule has 2 atom stereocenters. The molecule has 0 aliphatic carbocycles. The zero-order valence-electron chi connectivity index (χ0n) is 19.8. The van der Waals surface area contributed by atoms with E-state index in [0.717, 1.165) is 22.8 Å². The second-order valence-corrected chi connectivity index (χ2v) is 8.33. The summed E-state index contributed by atoms with van der Waals surface area (Å²) in [5.74, 6) is 0.366. The molecule has 5 nitrogen and oxygen atoms in total. The van der Waals surface area contributed by atoms with Gasteiger partial charge < -0.3 is 15.0 Å². The maximum absolute atomic E-state index is 13.4. The first-order chi connectivity index (χ1) is 16.0. The molecule has 2 amide bonds. The summed E-state index contributed by atoms with van der Waals surface area (Å²) < 4.78 is 5.97. The average molecular weight is 447 g/mol. The van der Waals surface area contributed by atoms with E-state index >= 15 is 0 Å². The van der Waals surface area contributed by atoms with E-state index in [1.54, 1.807) is 4.90 Å². The molecule has 0 saturated heterocycles. The molecule has 3 aromatic carbocycles. The first-order valence-corrected chi connectivity index (χ1v) is 11.8. The van der Waals surface area contributed by atoms with Gasteiger partial charge in [0, 0.05) is 18.0 Å². The van der Waals surface area contributed by atoms with Gasteiger partial charge >= 0.3 is 0 Å². The van der Waals surface area contributed by atoms with Gasteiger partial charge in [-0.2, -0.15) is 0 Å². The number of amides is 2. The maximum atomic E-state index is 13.4. The number of rotatable bonds is 11. The van der Waals surface area contributed by atoms with Crippen LogP contribution in [0.5, 0.6) is 5.75 Å². The summed E-state index contributed by atoms with van der Waals surface area (Å²) in [5, 5.41) is 5.06. The zero-order valence-corrected chi connectivity index (χ0v) is 19.8. The standard InChI is InChI=1S/C28H34N2O3/c1-4-21(3)29-28(32)25(5-2)30(19-18-22-12-7-6-8-13-22)27(31)20-33-26-17-11-15-23-14-9-10-16-24(23)26/h6-17,21,25H,4-5,18-20H2,1-3H3,(H,29,32). The summed E-state index contributed by atoms with van der Waals surface area (Å²) in [6, 6.07) is 23.3. The number of ether oxygens (including phenoxy) is 1. The third-order valence-electron chi connectivity index (χ3n) is 5.97. The molecule has 0 aliphatic heterocycles. The molecule has 0 radical (unpaired) electrons. The normalized spacial score (nSPS) is 12.7. The molecule has 0 spiro atoms. The Hall–Kier alpha value is -3.34. The van der Waals surface area contributed by atoms with Gasteiger partial charge in [-0.1, -0.05) is 80.6 Å². The van der Waals surface area contributed by atoms with Crippen molar-refractivity contribution in [1.29, 1.82) is 0 Å². The highest BCUT2D eigenvalue weighted by molar-refractivity contribution is 5.90. The van der Waals surface area contributed by atoms with Crippen LogP contribution in [0, 0.1) is 0 Å².